The Hall–Kier alpha value is -1.85. The molecule has 3 aromatic rings. The van der Waals surface area contributed by atoms with E-state index >= 15 is 0 Å². The van der Waals surface area contributed by atoms with Gasteiger partial charge in [0.15, 0.2) is 9.84 Å². The number of hydrogen-bond acceptors (Lipinski definition) is 3. The molecule has 0 atom stereocenters. The fourth-order valence-corrected chi connectivity index (χ4v) is 4.74. The molecule has 0 bridgehead atoms. The Kier molecular flexibility index (Phi) is 4.92. The highest BCUT2D eigenvalue weighted by Gasteiger charge is 2.17. The second-order valence-electron chi connectivity index (χ2n) is 5.63. The third-order valence-corrected chi connectivity index (χ3v) is 5.87. The maximum absolute atomic E-state index is 12.7. The van der Waals surface area contributed by atoms with Gasteiger partial charge in [-0.2, -0.15) is 0 Å². The van der Waals surface area contributed by atoms with Crippen molar-refractivity contribution in [3.05, 3.63) is 76.3 Å². The number of methoxy groups -OCH3 is 1. The van der Waals surface area contributed by atoms with Crippen LogP contribution in [0.5, 0.6) is 5.75 Å². The van der Waals surface area contributed by atoms with Gasteiger partial charge in [-0.1, -0.05) is 58.4 Å². The molecule has 0 unspecified atom stereocenters. The fourth-order valence-electron chi connectivity index (χ4n) is 2.80. The fraction of sp³-hybridized carbons (Fsp3) is 0.158. The van der Waals surface area contributed by atoms with Crippen molar-refractivity contribution in [1.82, 2.24) is 0 Å². The van der Waals surface area contributed by atoms with Gasteiger partial charge in [0.2, 0.25) is 0 Å². The first kappa shape index (κ1) is 17.0. The molecular formula is C19H17BrO3S. The predicted molar refractivity (Wildman–Crippen MR) is 101 cm³/mol. The van der Waals surface area contributed by atoms with Crippen LogP contribution >= 0.6 is 15.9 Å². The van der Waals surface area contributed by atoms with E-state index in [-0.39, 0.29) is 11.5 Å². The summed E-state index contributed by atoms with van der Waals surface area (Å²) in [4.78, 5) is 0. The Bertz CT molecular complexity index is 976. The first-order chi connectivity index (χ1) is 11.5. The molecule has 3 aromatic carbocycles. The van der Waals surface area contributed by atoms with E-state index in [0.29, 0.717) is 11.3 Å². The lowest BCUT2D eigenvalue weighted by molar-refractivity contribution is 0.411. The van der Waals surface area contributed by atoms with Gasteiger partial charge < -0.3 is 4.74 Å². The van der Waals surface area contributed by atoms with Crippen LogP contribution in [0.2, 0.25) is 0 Å². The summed E-state index contributed by atoms with van der Waals surface area (Å²) in [5, 5.41) is 2.02. The molecule has 0 amide bonds. The zero-order valence-corrected chi connectivity index (χ0v) is 15.6. The van der Waals surface area contributed by atoms with E-state index in [2.05, 4.69) is 15.9 Å². The number of rotatable bonds is 5. The molecule has 0 heterocycles. The van der Waals surface area contributed by atoms with Crippen LogP contribution in [0.4, 0.5) is 0 Å². The van der Waals surface area contributed by atoms with Crippen molar-refractivity contribution < 1.29 is 13.2 Å². The van der Waals surface area contributed by atoms with E-state index in [4.69, 9.17) is 4.74 Å². The summed E-state index contributed by atoms with van der Waals surface area (Å²) in [5.41, 5.74) is 1.48. The quantitative estimate of drug-likeness (QED) is 0.617. The molecule has 0 spiro atoms. The molecule has 0 aliphatic rings. The van der Waals surface area contributed by atoms with E-state index in [0.717, 1.165) is 20.8 Å². The molecule has 3 nitrogen and oxygen atoms in total. The molecule has 0 radical (unpaired) electrons. The van der Waals surface area contributed by atoms with E-state index in [1.165, 1.54) is 0 Å². The summed E-state index contributed by atoms with van der Waals surface area (Å²) in [5.74, 6) is 0.530. The van der Waals surface area contributed by atoms with Gasteiger partial charge >= 0.3 is 0 Å². The van der Waals surface area contributed by atoms with Gasteiger partial charge in [0.1, 0.15) is 5.75 Å². The van der Waals surface area contributed by atoms with Crippen molar-refractivity contribution in [1.29, 1.82) is 0 Å². The van der Waals surface area contributed by atoms with Gasteiger partial charge in [-0.15, -0.1) is 0 Å². The van der Waals surface area contributed by atoms with Gasteiger partial charge in [-0.25, -0.2) is 8.42 Å². The maximum Gasteiger partial charge on any atom is 0.158 e. The molecule has 0 aromatic heterocycles. The monoisotopic (exact) mass is 404 g/mol. The molecule has 0 saturated carbocycles. The SMILES string of the molecule is COc1ccc(Br)cc1CS(=O)(=O)Cc1cccc2ccccc12. The number of hydrogen-bond donors (Lipinski definition) is 0. The Balaban J connectivity index is 1.93. The Labute approximate surface area is 150 Å². The van der Waals surface area contributed by atoms with Gasteiger partial charge in [-0.3, -0.25) is 0 Å². The highest BCUT2D eigenvalue weighted by molar-refractivity contribution is 9.10. The largest absolute Gasteiger partial charge is 0.496 e. The molecule has 3 rings (SSSR count). The second-order valence-corrected chi connectivity index (χ2v) is 8.61. The first-order valence-corrected chi connectivity index (χ1v) is 10.1. The Morgan fingerprint density at radius 3 is 2.42 bits per heavy atom. The van der Waals surface area contributed by atoms with Crippen LogP contribution in [0.15, 0.2) is 65.1 Å². The normalized spacial score (nSPS) is 11.6. The minimum Gasteiger partial charge on any atom is -0.496 e. The topological polar surface area (TPSA) is 43.4 Å². The summed E-state index contributed by atoms with van der Waals surface area (Å²) in [6.45, 7) is 0. The molecule has 24 heavy (non-hydrogen) atoms. The van der Waals surface area contributed by atoms with Crippen LogP contribution in [-0.2, 0) is 21.3 Å². The molecule has 0 aliphatic carbocycles. The molecule has 0 aliphatic heterocycles. The summed E-state index contributed by atoms with van der Waals surface area (Å²) >= 11 is 3.38. The van der Waals surface area contributed by atoms with Crippen LogP contribution in [0.1, 0.15) is 11.1 Å². The Morgan fingerprint density at radius 2 is 1.62 bits per heavy atom. The minimum atomic E-state index is -3.33. The molecule has 0 fully saturated rings. The smallest absolute Gasteiger partial charge is 0.158 e. The summed E-state index contributed by atoms with van der Waals surface area (Å²) < 4.78 is 31.6. The summed E-state index contributed by atoms with van der Waals surface area (Å²) in [6.07, 6.45) is 0. The number of halogens is 1. The van der Waals surface area contributed by atoms with Crippen LogP contribution in [0.25, 0.3) is 10.8 Å². The lowest BCUT2D eigenvalue weighted by Gasteiger charge is -2.11. The van der Waals surface area contributed by atoms with Gasteiger partial charge in [-0.05, 0) is 34.5 Å². The Morgan fingerprint density at radius 1 is 0.917 bits per heavy atom. The first-order valence-electron chi connectivity index (χ1n) is 7.48. The third kappa shape index (κ3) is 3.79. The molecular weight excluding hydrogens is 388 g/mol. The van der Waals surface area contributed by atoms with Gasteiger partial charge in [0.05, 0.1) is 18.6 Å². The van der Waals surface area contributed by atoms with Crippen molar-refractivity contribution >= 4 is 36.5 Å². The van der Waals surface area contributed by atoms with Gasteiger partial charge in [0, 0.05) is 10.0 Å². The molecule has 0 saturated heterocycles. The van der Waals surface area contributed by atoms with Gasteiger partial charge in [0.25, 0.3) is 0 Å². The van der Waals surface area contributed by atoms with Crippen LogP contribution in [0, 0.1) is 0 Å². The zero-order chi connectivity index (χ0) is 17.2. The third-order valence-electron chi connectivity index (χ3n) is 3.87. The molecule has 0 N–H and O–H groups in total. The summed E-state index contributed by atoms with van der Waals surface area (Å²) in [7, 11) is -1.78. The predicted octanol–water partition coefficient (Wildman–Crippen LogP) is 4.73. The van der Waals surface area contributed by atoms with Crippen molar-refractivity contribution in [2.75, 3.05) is 7.11 Å². The van der Waals surface area contributed by atoms with E-state index in [1.54, 1.807) is 19.2 Å². The lowest BCUT2D eigenvalue weighted by atomic mass is 10.1. The average Bonchev–Trinajstić information content (AvgIpc) is 2.55. The lowest BCUT2D eigenvalue weighted by Crippen LogP contribution is -2.09. The van der Waals surface area contributed by atoms with Crippen LogP contribution in [0.3, 0.4) is 0 Å². The highest BCUT2D eigenvalue weighted by atomic mass is 79.9. The van der Waals surface area contributed by atoms with E-state index in [1.807, 2.05) is 48.5 Å². The number of fused-ring (bicyclic) bond motifs is 1. The standard InChI is InChI=1S/C19H17BrO3S/c1-23-19-10-9-17(20)11-16(19)13-24(21,22)12-15-7-4-6-14-5-2-3-8-18(14)15/h2-11H,12-13H2,1H3. The molecule has 5 heteroatoms. The van der Waals surface area contributed by atoms with Crippen molar-refractivity contribution in [3.63, 3.8) is 0 Å². The van der Waals surface area contributed by atoms with Crippen molar-refractivity contribution in [2.24, 2.45) is 0 Å². The average molecular weight is 405 g/mol. The minimum absolute atomic E-state index is 0.00399. The van der Waals surface area contributed by atoms with Crippen molar-refractivity contribution in [2.45, 2.75) is 11.5 Å². The van der Waals surface area contributed by atoms with Crippen LogP contribution < -0.4 is 4.74 Å². The molecule has 124 valence electrons. The van der Waals surface area contributed by atoms with E-state index in [9.17, 15) is 8.42 Å². The second kappa shape index (κ2) is 6.95. The highest BCUT2D eigenvalue weighted by Crippen LogP contribution is 2.27. The summed E-state index contributed by atoms with van der Waals surface area (Å²) in [6, 6.07) is 19.0. The zero-order valence-electron chi connectivity index (χ0n) is 13.2. The van der Waals surface area contributed by atoms with E-state index < -0.39 is 9.84 Å². The number of benzene rings is 3. The van der Waals surface area contributed by atoms with Crippen LogP contribution in [-0.4, -0.2) is 15.5 Å². The number of sulfone groups is 1. The maximum atomic E-state index is 12.7. The van der Waals surface area contributed by atoms with Crippen molar-refractivity contribution in [3.8, 4) is 5.75 Å². The number of ether oxygens (including phenoxy) is 1.